The van der Waals surface area contributed by atoms with E-state index in [-0.39, 0.29) is 24.0 Å². The van der Waals surface area contributed by atoms with Crippen molar-refractivity contribution < 1.29 is 9.53 Å². The molecule has 0 bridgehead atoms. The Balaban J connectivity index is 1.94. The van der Waals surface area contributed by atoms with Crippen molar-refractivity contribution in [3.8, 4) is 0 Å². The van der Waals surface area contributed by atoms with Crippen LogP contribution in [0.4, 0.5) is 0 Å². The predicted octanol–water partition coefficient (Wildman–Crippen LogP) is 0.361. The van der Waals surface area contributed by atoms with E-state index in [0.717, 1.165) is 39.0 Å². The Morgan fingerprint density at radius 2 is 2.27 bits per heavy atom. The molecular formula is C11H20N2O2. The standard InChI is InChI=1S/C11H20N2O2/c1-8-10(4-6-15-8)11(14)13-5-2-3-9(12)7-13/h8-10H,2-7,12H2,1H3/t8?,9-,10?/m1/s1. The van der Waals surface area contributed by atoms with E-state index < -0.39 is 0 Å². The van der Waals surface area contributed by atoms with Crippen molar-refractivity contribution in [2.24, 2.45) is 11.7 Å². The molecule has 2 saturated heterocycles. The van der Waals surface area contributed by atoms with Crippen molar-refractivity contribution in [2.45, 2.75) is 38.3 Å². The van der Waals surface area contributed by atoms with E-state index in [1.165, 1.54) is 0 Å². The second-order valence-electron chi connectivity index (χ2n) is 4.66. The molecule has 3 atom stereocenters. The summed E-state index contributed by atoms with van der Waals surface area (Å²) < 4.78 is 5.43. The molecule has 0 spiro atoms. The van der Waals surface area contributed by atoms with Gasteiger partial charge in [-0.2, -0.15) is 0 Å². The van der Waals surface area contributed by atoms with Gasteiger partial charge in [-0.3, -0.25) is 4.79 Å². The van der Waals surface area contributed by atoms with Crippen LogP contribution in [0.3, 0.4) is 0 Å². The SMILES string of the molecule is CC1OCCC1C(=O)N1CCC[C@@H](N)C1. The smallest absolute Gasteiger partial charge is 0.228 e. The van der Waals surface area contributed by atoms with Crippen molar-refractivity contribution in [3.05, 3.63) is 0 Å². The lowest BCUT2D eigenvalue weighted by Crippen LogP contribution is -2.48. The Labute approximate surface area is 90.8 Å². The summed E-state index contributed by atoms with van der Waals surface area (Å²) in [7, 11) is 0. The second-order valence-corrected chi connectivity index (χ2v) is 4.66. The lowest BCUT2D eigenvalue weighted by atomic mass is 9.98. The van der Waals surface area contributed by atoms with E-state index in [1.54, 1.807) is 0 Å². The number of hydrogen-bond acceptors (Lipinski definition) is 3. The van der Waals surface area contributed by atoms with Gasteiger partial charge in [-0.25, -0.2) is 0 Å². The number of nitrogens with two attached hydrogens (primary N) is 1. The maximum atomic E-state index is 12.1. The number of carbonyl (C=O) groups is 1. The van der Waals surface area contributed by atoms with Crippen molar-refractivity contribution >= 4 is 5.91 Å². The number of likely N-dealkylation sites (tertiary alicyclic amines) is 1. The third kappa shape index (κ3) is 2.32. The lowest BCUT2D eigenvalue weighted by Gasteiger charge is -2.33. The van der Waals surface area contributed by atoms with Gasteiger partial charge in [-0.05, 0) is 26.2 Å². The third-order valence-electron chi connectivity index (χ3n) is 3.46. The highest BCUT2D eigenvalue weighted by molar-refractivity contribution is 5.79. The van der Waals surface area contributed by atoms with Crippen LogP contribution in [0, 0.1) is 5.92 Å². The number of piperidine rings is 1. The minimum absolute atomic E-state index is 0.0651. The van der Waals surface area contributed by atoms with Crippen LogP contribution < -0.4 is 5.73 Å². The van der Waals surface area contributed by atoms with E-state index >= 15 is 0 Å². The summed E-state index contributed by atoms with van der Waals surface area (Å²) in [6.45, 7) is 4.30. The van der Waals surface area contributed by atoms with Gasteiger partial charge in [-0.1, -0.05) is 0 Å². The molecule has 2 aliphatic rings. The van der Waals surface area contributed by atoms with E-state index in [9.17, 15) is 4.79 Å². The minimum atomic E-state index is 0.0651. The summed E-state index contributed by atoms with van der Waals surface area (Å²) in [5, 5.41) is 0. The lowest BCUT2D eigenvalue weighted by molar-refractivity contribution is -0.138. The summed E-state index contributed by atoms with van der Waals surface area (Å²) in [4.78, 5) is 14.1. The van der Waals surface area contributed by atoms with Gasteiger partial charge < -0.3 is 15.4 Å². The van der Waals surface area contributed by atoms with Gasteiger partial charge in [-0.15, -0.1) is 0 Å². The Bertz CT molecular complexity index is 245. The van der Waals surface area contributed by atoms with Crippen LogP contribution >= 0.6 is 0 Å². The molecule has 0 aromatic heterocycles. The number of carbonyl (C=O) groups excluding carboxylic acids is 1. The fourth-order valence-corrected chi connectivity index (χ4v) is 2.50. The molecule has 4 heteroatoms. The molecule has 0 saturated carbocycles. The zero-order chi connectivity index (χ0) is 10.8. The third-order valence-corrected chi connectivity index (χ3v) is 3.46. The van der Waals surface area contributed by atoms with E-state index in [4.69, 9.17) is 10.5 Å². The Hall–Kier alpha value is -0.610. The molecule has 2 heterocycles. The van der Waals surface area contributed by atoms with Crippen LogP contribution in [0.2, 0.25) is 0 Å². The molecule has 0 aliphatic carbocycles. The zero-order valence-electron chi connectivity index (χ0n) is 9.32. The van der Waals surface area contributed by atoms with E-state index in [0.29, 0.717) is 0 Å². The maximum absolute atomic E-state index is 12.1. The largest absolute Gasteiger partial charge is 0.378 e. The minimum Gasteiger partial charge on any atom is -0.378 e. The number of hydrogen-bond donors (Lipinski definition) is 1. The molecule has 2 unspecified atom stereocenters. The molecular weight excluding hydrogens is 192 g/mol. The van der Waals surface area contributed by atoms with Gasteiger partial charge in [0, 0.05) is 25.7 Å². The topological polar surface area (TPSA) is 55.6 Å². The normalized spacial score (nSPS) is 36.9. The molecule has 2 fully saturated rings. The number of ether oxygens (including phenoxy) is 1. The van der Waals surface area contributed by atoms with Crippen molar-refractivity contribution in [1.29, 1.82) is 0 Å². The fourth-order valence-electron chi connectivity index (χ4n) is 2.50. The van der Waals surface area contributed by atoms with Crippen LogP contribution in [0.1, 0.15) is 26.2 Å². The van der Waals surface area contributed by atoms with Gasteiger partial charge in [0.15, 0.2) is 0 Å². The molecule has 1 amide bonds. The summed E-state index contributed by atoms with van der Waals surface area (Å²) in [6, 6.07) is 0.167. The van der Waals surface area contributed by atoms with Crippen molar-refractivity contribution in [2.75, 3.05) is 19.7 Å². The van der Waals surface area contributed by atoms with Gasteiger partial charge in [0.2, 0.25) is 5.91 Å². The fraction of sp³-hybridized carbons (Fsp3) is 0.909. The average Bonchev–Trinajstić information content (AvgIpc) is 2.63. The number of amides is 1. The predicted molar refractivity (Wildman–Crippen MR) is 57.3 cm³/mol. The first-order chi connectivity index (χ1) is 7.18. The van der Waals surface area contributed by atoms with Crippen molar-refractivity contribution in [3.63, 3.8) is 0 Å². The average molecular weight is 212 g/mol. The van der Waals surface area contributed by atoms with Crippen LogP contribution in [0.25, 0.3) is 0 Å². The molecule has 0 aromatic rings. The molecule has 15 heavy (non-hydrogen) atoms. The maximum Gasteiger partial charge on any atom is 0.228 e. The van der Waals surface area contributed by atoms with E-state index in [1.807, 2.05) is 11.8 Å². The zero-order valence-corrected chi connectivity index (χ0v) is 9.32. The second kappa shape index (κ2) is 4.49. The molecule has 86 valence electrons. The van der Waals surface area contributed by atoms with Crippen LogP contribution in [-0.4, -0.2) is 42.6 Å². The summed E-state index contributed by atoms with van der Waals surface area (Å²) in [5.41, 5.74) is 5.87. The first-order valence-electron chi connectivity index (χ1n) is 5.84. The molecule has 2 aliphatic heterocycles. The molecule has 2 N–H and O–H groups in total. The van der Waals surface area contributed by atoms with Gasteiger partial charge in [0.1, 0.15) is 0 Å². The van der Waals surface area contributed by atoms with Crippen molar-refractivity contribution in [1.82, 2.24) is 4.90 Å². The number of rotatable bonds is 1. The van der Waals surface area contributed by atoms with Gasteiger partial charge >= 0.3 is 0 Å². The van der Waals surface area contributed by atoms with E-state index in [2.05, 4.69) is 0 Å². The Kier molecular flexibility index (Phi) is 3.26. The number of nitrogens with zero attached hydrogens (tertiary/aromatic N) is 1. The Morgan fingerprint density at radius 1 is 1.47 bits per heavy atom. The Morgan fingerprint density at radius 3 is 2.87 bits per heavy atom. The van der Waals surface area contributed by atoms with Gasteiger partial charge in [0.05, 0.1) is 12.0 Å². The monoisotopic (exact) mass is 212 g/mol. The first-order valence-corrected chi connectivity index (χ1v) is 5.84. The van der Waals surface area contributed by atoms with Crippen LogP contribution in [0.5, 0.6) is 0 Å². The van der Waals surface area contributed by atoms with Crippen LogP contribution in [0.15, 0.2) is 0 Å². The highest BCUT2D eigenvalue weighted by atomic mass is 16.5. The highest BCUT2D eigenvalue weighted by Gasteiger charge is 2.34. The summed E-state index contributed by atoms with van der Waals surface area (Å²) in [6.07, 6.45) is 3.02. The first kappa shape index (κ1) is 10.9. The van der Waals surface area contributed by atoms with Gasteiger partial charge in [0.25, 0.3) is 0 Å². The summed E-state index contributed by atoms with van der Waals surface area (Å²) in [5.74, 6) is 0.311. The highest BCUT2D eigenvalue weighted by Crippen LogP contribution is 2.24. The summed E-state index contributed by atoms with van der Waals surface area (Å²) >= 11 is 0. The molecule has 2 rings (SSSR count). The molecule has 0 aromatic carbocycles. The van der Waals surface area contributed by atoms with Crippen LogP contribution in [-0.2, 0) is 9.53 Å². The molecule has 4 nitrogen and oxygen atoms in total. The quantitative estimate of drug-likeness (QED) is 0.683. The molecule has 0 radical (unpaired) electrons.